The number of Topliss-reactive ketones (excluding diaryl/α,β-unsaturated/α-hetero) is 1. The first-order chi connectivity index (χ1) is 14.7. The Labute approximate surface area is 186 Å². The Morgan fingerprint density at radius 3 is 2.90 bits per heavy atom. The second-order valence-electron chi connectivity index (χ2n) is 10.3. The number of nitrogen functional groups attached to an aromatic ring is 1. The van der Waals surface area contributed by atoms with Gasteiger partial charge in [-0.15, -0.1) is 0 Å². The lowest BCUT2D eigenvalue weighted by Gasteiger charge is -2.50. The Hall–Kier alpha value is -2.21. The maximum absolute atomic E-state index is 12.3. The molecule has 4 rings (SSSR count). The van der Waals surface area contributed by atoms with Crippen LogP contribution in [0, 0.1) is 17.3 Å². The molecule has 1 unspecified atom stereocenters. The molecule has 0 bridgehead atoms. The number of quaternary nitrogens is 1. The molecule has 168 valence electrons. The number of anilines is 2. The summed E-state index contributed by atoms with van der Waals surface area (Å²) in [6, 6.07) is 0. The van der Waals surface area contributed by atoms with Crippen LogP contribution in [-0.4, -0.2) is 36.0 Å². The maximum atomic E-state index is 12.3. The molecule has 31 heavy (non-hydrogen) atoms. The molecule has 3 N–H and O–H groups in total. The minimum atomic E-state index is 0.271. The van der Waals surface area contributed by atoms with Gasteiger partial charge in [0.25, 0.3) is 5.82 Å². The van der Waals surface area contributed by atoms with Gasteiger partial charge in [-0.25, -0.2) is 4.98 Å². The molecule has 4 atom stereocenters. The smallest absolute Gasteiger partial charge is 0.256 e. The minimum Gasteiger partial charge on any atom is -0.382 e. The van der Waals surface area contributed by atoms with Crippen LogP contribution < -0.4 is 15.5 Å². The zero-order valence-electron chi connectivity index (χ0n) is 19.8. The zero-order chi connectivity index (χ0) is 22.3. The van der Waals surface area contributed by atoms with Gasteiger partial charge in [0, 0.05) is 13.0 Å². The molecule has 1 aliphatic heterocycles. The molecular weight excluding hydrogens is 386 g/mol. The van der Waals surface area contributed by atoms with Gasteiger partial charge in [-0.1, -0.05) is 31.1 Å². The van der Waals surface area contributed by atoms with Crippen molar-refractivity contribution in [1.82, 2.24) is 9.97 Å². The van der Waals surface area contributed by atoms with Crippen LogP contribution in [-0.2, 0) is 4.79 Å². The van der Waals surface area contributed by atoms with E-state index < -0.39 is 0 Å². The number of nitrogens with zero attached hydrogens (tertiary/aromatic N) is 3. The van der Waals surface area contributed by atoms with E-state index in [-0.39, 0.29) is 5.41 Å². The van der Waals surface area contributed by atoms with E-state index in [1.807, 2.05) is 0 Å². The molecule has 6 heteroatoms. The molecule has 0 spiro atoms. The van der Waals surface area contributed by atoms with Gasteiger partial charge in [0.15, 0.2) is 24.0 Å². The van der Waals surface area contributed by atoms with Crippen LogP contribution in [0.1, 0.15) is 66.2 Å². The third-order valence-electron chi connectivity index (χ3n) is 8.47. The maximum Gasteiger partial charge on any atom is 0.256 e. The standard InChI is InChI=1S/C25H37N5O/c1-16(11-13-30-15-29(5)24-22(30)23(26)27-14-28-24)10-12-25(4)17(2)6-7-19-18(3)21(31)9-8-20(19)25/h11,14,17,20H,6-10,12-13,15H2,1-5H3,(H2,26,27,28)/p+1/b16-11+/t17-,20+,25+/m0/s1. The predicted octanol–water partition coefficient (Wildman–Crippen LogP) is 3.44. The minimum absolute atomic E-state index is 0.271. The lowest BCUT2D eigenvalue weighted by molar-refractivity contribution is -0.805. The highest BCUT2D eigenvalue weighted by Gasteiger charge is 2.45. The number of hydrogen-bond acceptors (Lipinski definition) is 5. The Bertz CT molecular complexity index is 936. The van der Waals surface area contributed by atoms with Crippen molar-refractivity contribution in [3.05, 3.63) is 29.1 Å². The van der Waals surface area contributed by atoms with Crippen molar-refractivity contribution < 1.29 is 9.69 Å². The number of allylic oxidation sites excluding steroid dienone is 3. The van der Waals surface area contributed by atoms with Crippen molar-refractivity contribution in [3.8, 4) is 0 Å². The third-order valence-corrected chi connectivity index (χ3v) is 8.47. The monoisotopic (exact) mass is 424 g/mol. The van der Waals surface area contributed by atoms with Crippen LogP contribution in [0.15, 0.2) is 29.1 Å². The number of hydrogen-bond donors (Lipinski definition) is 2. The lowest BCUT2D eigenvalue weighted by atomic mass is 9.54. The Morgan fingerprint density at radius 2 is 2.13 bits per heavy atom. The highest BCUT2D eigenvalue weighted by Crippen LogP contribution is 2.55. The van der Waals surface area contributed by atoms with Gasteiger partial charge in [0.2, 0.25) is 0 Å². The average molecular weight is 425 g/mol. The highest BCUT2D eigenvalue weighted by molar-refractivity contribution is 5.96. The van der Waals surface area contributed by atoms with Crippen molar-refractivity contribution >= 4 is 23.1 Å². The summed E-state index contributed by atoms with van der Waals surface area (Å²) in [5.74, 6) is 3.19. The highest BCUT2D eigenvalue weighted by atomic mass is 16.1. The first kappa shape index (κ1) is 22.0. The molecule has 3 aliphatic rings. The van der Waals surface area contributed by atoms with E-state index in [2.05, 4.69) is 55.7 Å². The number of aromatic nitrogens is 2. The van der Waals surface area contributed by atoms with Crippen molar-refractivity contribution in [2.24, 2.45) is 17.3 Å². The van der Waals surface area contributed by atoms with E-state index in [1.165, 1.54) is 28.9 Å². The topological polar surface area (TPSA) is 76.6 Å². The van der Waals surface area contributed by atoms with E-state index >= 15 is 0 Å². The third kappa shape index (κ3) is 3.91. The summed E-state index contributed by atoms with van der Waals surface area (Å²) >= 11 is 0. The number of rotatable bonds is 5. The van der Waals surface area contributed by atoms with Crippen LogP contribution in [0.4, 0.5) is 17.3 Å². The summed E-state index contributed by atoms with van der Waals surface area (Å²) in [5, 5.41) is 0. The van der Waals surface area contributed by atoms with Crippen molar-refractivity contribution in [3.63, 3.8) is 0 Å². The molecule has 1 saturated carbocycles. The fraction of sp³-hybridized carbons (Fsp3) is 0.640. The van der Waals surface area contributed by atoms with Crippen LogP contribution in [0.2, 0.25) is 0 Å². The zero-order valence-corrected chi connectivity index (χ0v) is 19.8. The molecule has 1 fully saturated rings. The molecular formula is C25H38N5O+. The molecule has 6 nitrogen and oxygen atoms in total. The summed E-state index contributed by atoms with van der Waals surface area (Å²) in [7, 11) is 2.12. The van der Waals surface area contributed by atoms with Gasteiger partial charge in [-0.2, -0.15) is 4.98 Å². The largest absolute Gasteiger partial charge is 0.382 e. The van der Waals surface area contributed by atoms with E-state index in [4.69, 9.17) is 5.73 Å². The molecule has 2 aliphatic carbocycles. The van der Waals surface area contributed by atoms with E-state index in [1.54, 1.807) is 6.33 Å². The van der Waals surface area contributed by atoms with E-state index in [0.29, 0.717) is 23.4 Å². The first-order valence-corrected chi connectivity index (χ1v) is 11.8. The molecule has 2 heterocycles. The number of ketones is 1. The van der Waals surface area contributed by atoms with Crippen molar-refractivity contribution in [2.45, 2.75) is 66.2 Å². The number of carbonyl (C=O) groups is 1. The van der Waals surface area contributed by atoms with Crippen molar-refractivity contribution in [2.75, 3.05) is 30.9 Å². The summed E-state index contributed by atoms with van der Waals surface area (Å²) in [5.41, 5.74) is 11.4. The molecule has 1 aromatic rings. The Morgan fingerprint density at radius 1 is 1.35 bits per heavy atom. The number of fused-ring (bicyclic) bond motifs is 2. The Kier molecular flexibility index (Phi) is 5.95. The van der Waals surface area contributed by atoms with Crippen molar-refractivity contribution in [1.29, 1.82) is 0 Å². The normalized spacial score (nSPS) is 31.1. The molecule has 0 aromatic carbocycles. The van der Waals surface area contributed by atoms with Gasteiger partial charge in [-0.05, 0) is 68.8 Å². The predicted molar refractivity (Wildman–Crippen MR) is 125 cm³/mol. The second-order valence-corrected chi connectivity index (χ2v) is 10.3. The number of nitrogens with two attached hydrogens (primary N) is 1. The van der Waals surface area contributed by atoms with Gasteiger partial charge in [0.05, 0.1) is 7.05 Å². The average Bonchev–Trinajstić information content (AvgIpc) is 3.07. The van der Waals surface area contributed by atoms with Crippen LogP contribution in [0.5, 0.6) is 0 Å². The van der Waals surface area contributed by atoms with Gasteiger partial charge in [-0.3, -0.25) is 9.69 Å². The van der Waals surface area contributed by atoms with Crippen LogP contribution >= 0.6 is 0 Å². The van der Waals surface area contributed by atoms with Crippen LogP contribution in [0.3, 0.4) is 0 Å². The van der Waals surface area contributed by atoms with Gasteiger partial charge in [0.1, 0.15) is 6.33 Å². The van der Waals surface area contributed by atoms with Gasteiger partial charge >= 0.3 is 0 Å². The van der Waals surface area contributed by atoms with E-state index in [0.717, 1.165) is 56.0 Å². The quantitative estimate of drug-likeness (QED) is 0.708. The van der Waals surface area contributed by atoms with E-state index in [9.17, 15) is 4.79 Å². The Balaban J connectivity index is 1.44. The summed E-state index contributed by atoms with van der Waals surface area (Å²) < 4.78 is 0. The fourth-order valence-corrected chi connectivity index (χ4v) is 6.08. The molecule has 0 saturated heterocycles. The summed E-state index contributed by atoms with van der Waals surface area (Å²) in [6.45, 7) is 10.9. The van der Waals surface area contributed by atoms with Gasteiger partial charge < -0.3 is 10.6 Å². The van der Waals surface area contributed by atoms with Crippen LogP contribution in [0.25, 0.3) is 0 Å². The number of carbonyl (C=O) groups excluding carboxylic acids is 1. The molecule has 0 amide bonds. The molecule has 1 aromatic heterocycles. The molecule has 0 radical (unpaired) electrons. The summed E-state index contributed by atoms with van der Waals surface area (Å²) in [6.07, 6.45) is 10.3. The number of nitrogens with one attached hydrogen (secondary N) is 1. The summed E-state index contributed by atoms with van der Waals surface area (Å²) in [4.78, 5) is 24.4. The second kappa shape index (κ2) is 8.38. The fourth-order valence-electron chi connectivity index (χ4n) is 6.08. The SMILES string of the molecule is CC1=C2CC[C@H](C)[C@@](C)(CC/C(C)=C/CN3C[NH+](C)c4ncnc(N)c43)[C@@H]2CCC1=O. The lowest BCUT2D eigenvalue weighted by Crippen LogP contribution is -3.03. The first-order valence-electron chi connectivity index (χ1n) is 11.8.